The van der Waals surface area contributed by atoms with Crippen LogP contribution in [0, 0.1) is 6.92 Å². The Kier molecular flexibility index (Phi) is 5.82. The highest BCUT2D eigenvalue weighted by Gasteiger charge is 2.08. The van der Waals surface area contributed by atoms with Crippen LogP contribution in [-0.4, -0.2) is 26.5 Å². The third-order valence-electron chi connectivity index (χ3n) is 3.10. The lowest BCUT2D eigenvalue weighted by Gasteiger charge is -2.14. The predicted octanol–water partition coefficient (Wildman–Crippen LogP) is 2.47. The smallest absolute Gasteiger partial charge is 0.150 e. The topological polar surface area (TPSA) is 46.2 Å². The molecule has 18 heavy (non-hydrogen) atoms. The highest BCUT2D eigenvalue weighted by atomic mass is 32.2. The summed E-state index contributed by atoms with van der Waals surface area (Å²) in [7, 11) is -2.83. The molecule has 0 heterocycles. The van der Waals surface area contributed by atoms with Crippen LogP contribution in [0.25, 0.3) is 0 Å². The normalized spacial score (nSPS) is 13.5. The molecule has 0 radical (unpaired) electrons. The maximum Gasteiger partial charge on any atom is 0.150 e. The molecule has 0 bridgehead atoms. The monoisotopic (exact) mass is 269 g/mol. The van der Waals surface area contributed by atoms with Gasteiger partial charge in [0.2, 0.25) is 0 Å². The van der Waals surface area contributed by atoms with Crippen molar-refractivity contribution < 1.29 is 8.42 Å². The minimum Gasteiger partial charge on any atom is -0.310 e. The van der Waals surface area contributed by atoms with Crippen molar-refractivity contribution in [2.75, 3.05) is 18.1 Å². The fraction of sp³-hybridized carbons (Fsp3) is 0.571. The Morgan fingerprint density at radius 2 is 1.83 bits per heavy atom. The maximum atomic E-state index is 11.3. The first-order valence-corrected chi connectivity index (χ1v) is 8.27. The van der Waals surface area contributed by atoms with Gasteiger partial charge in [0.1, 0.15) is 9.84 Å². The Labute approximate surface area is 111 Å². The molecule has 4 heteroatoms. The Balaban J connectivity index is 2.34. The predicted molar refractivity (Wildman–Crippen MR) is 76.5 cm³/mol. The van der Waals surface area contributed by atoms with Crippen LogP contribution >= 0.6 is 0 Å². The molecule has 0 aliphatic heterocycles. The number of hydrogen-bond donors (Lipinski definition) is 1. The number of hydrogen-bond acceptors (Lipinski definition) is 3. The molecule has 0 saturated heterocycles. The van der Waals surface area contributed by atoms with Crippen LogP contribution < -0.4 is 5.32 Å². The van der Waals surface area contributed by atoms with Crippen LogP contribution in [-0.2, 0) is 9.84 Å². The van der Waals surface area contributed by atoms with Gasteiger partial charge in [0, 0.05) is 11.8 Å². The van der Waals surface area contributed by atoms with Gasteiger partial charge in [-0.15, -0.1) is 0 Å². The van der Waals surface area contributed by atoms with E-state index in [0.717, 1.165) is 6.54 Å². The molecular formula is C14H23NO2S. The summed E-state index contributed by atoms with van der Waals surface area (Å²) in [6.45, 7) is 6.59. The second kappa shape index (κ2) is 6.90. The van der Waals surface area contributed by atoms with Crippen molar-refractivity contribution in [3.05, 3.63) is 35.4 Å². The number of aryl methyl sites for hydroxylation is 1. The Morgan fingerprint density at radius 1 is 1.22 bits per heavy atom. The Bertz CT molecular complexity index is 451. The van der Waals surface area contributed by atoms with Gasteiger partial charge in [0.25, 0.3) is 0 Å². The molecule has 0 unspecified atom stereocenters. The van der Waals surface area contributed by atoms with E-state index in [1.165, 1.54) is 11.1 Å². The van der Waals surface area contributed by atoms with Crippen LogP contribution in [0.15, 0.2) is 24.3 Å². The van der Waals surface area contributed by atoms with Crippen LogP contribution in [0.1, 0.15) is 37.4 Å². The molecule has 1 aromatic rings. The van der Waals surface area contributed by atoms with Crippen molar-refractivity contribution in [2.45, 2.75) is 33.2 Å². The number of nitrogens with one attached hydrogen (secondary N) is 1. The molecule has 0 fully saturated rings. The van der Waals surface area contributed by atoms with E-state index in [1.54, 1.807) is 6.92 Å². The van der Waals surface area contributed by atoms with E-state index in [0.29, 0.717) is 6.42 Å². The molecular weight excluding hydrogens is 246 g/mol. The molecule has 0 amide bonds. The first kappa shape index (κ1) is 15.2. The maximum absolute atomic E-state index is 11.3. The van der Waals surface area contributed by atoms with Gasteiger partial charge in [-0.3, -0.25) is 0 Å². The summed E-state index contributed by atoms with van der Waals surface area (Å²) in [4.78, 5) is 0. The van der Waals surface area contributed by atoms with Crippen molar-refractivity contribution in [1.82, 2.24) is 5.32 Å². The Morgan fingerprint density at radius 3 is 2.39 bits per heavy atom. The van der Waals surface area contributed by atoms with E-state index < -0.39 is 9.84 Å². The average molecular weight is 269 g/mol. The number of rotatable bonds is 7. The van der Waals surface area contributed by atoms with Crippen molar-refractivity contribution in [2.24, 2.45) is 0 Å². The van der Waals surface area contributed by atoms with Crippen LogP contribution in [0.5, 0.6) is 0 Å². The van der Waals surface area contributed by atoms with E-state index in [9.17, 15) is 8.42 Å². The van der Waals surface area contributed by atoms with Crippen molar-refractivity contribution in [3.63, 3.8) is 0 Å². The number of benzene rings is 1. The fourth-order valence-corrected chi connectivity index (χ4v) is 2.60. The van der Waals surface area contributed by atoms with Crippen molar-refractivity contribution in [3.8, 4) is 0 Å². The minimum atomic E-state index is -2.83. The second-order valence-corrected chi connectivity index (χ2v) is 7.15. The summed E-state index contributed by atoms with van der Waals surface area (Å²) in [6.07, 6.45) is 0.673. The quantitative estimate of drug-likeness (QED) is 0.774. The highest BCUT2D eigenvalue weighted by molar-refractivity contribution is 7.91. The minimum absolute atomic E-state index is 0.237. The lowest BCUT2D eigenvalue weighted by atomic mass is 10.1. The molecule has 102 valence electrons. The van der Waals surface area contributed by atoms with Gasteiger partial charge in [-0.2, -0.15) is 0 Å². The van der Waals surface area contributed by atoms with Gasteiger partial charge in [0.05, 0.1) is 5.75 Å². The summed E-state index contributed by atoms with van der Waals surface area (Å²) in [6, 6.07) is 8.66. The van der Waals surface area contributed by atoms with E-state index in [1.807, 2.05) is 0 Å². The van der Waals surface area contributed by atoms with E-state index >= 15 is 0 Å². The first-order chi connectivity index (χ1) is 8.44. The van der Waals surface area contributed by atoms with Gasteiger partial charge in [-0.25, -0.2) is 8.42 Å². The van der Waals surface area contributed by atoms with Gasteiger partial charge < -0.3 is 5.32 Å². The van der Waals surface area contributed by atoms with E-state index in [-0.39, 0.29) is 17.5 Å². The van der Waals surface area contributed by atoms with Gasteiger partial charge in [-0.05, 0) is 32.4 Å². The second-order valence-electron chi connectivity index (χ2n) is 4.68. The van der Waals surface area contributed by atoms with Gasteiger partial charge >= 0.3 is 0 Å². The zero-order valence-corrected chi connectivity index (χ0v) is 12.3. The molecule has 0 saturated carbocycles. The summed E-state index contributed by atoms with van der Waals surface area (Å²) < 4.78 is 22.6. The van der Waals surface area contributed by atoms with Gasteiger partial charge in [0.15, 0.2) is 0 Å². The third kappa shape index (κ3) is 5.19. The molecule has 1 atom stereocenters. The summed E-state index contributed by atoms with van der Waals surface area (Å²) >= 11 is 0. The van der Waals surface area contributed by atoms with E-state index in [2.05, 4.69) is 43.4 Å². The molecule has 3 nitrogen and oxygen atoms in total. The van der Waals surface area contributed by atoms with E-state index in [4.69, 9.17) is 0 Å². The molecule has 1 rings (SSSR count). The highest BCUT2D eigenvalue weighted by Crippen LogP contribution is 2.12. The molecule has 0 aromatic heterocycles. The summed E-state index contributed by atoms with van der Waals surface area (Å²) in [5, 5.41) is 3.35. The Hall–Kier alpha value is -0.870. The van der Waals surface area contributed by atoms with Crippen LogP contribution in [0.2, 0.25) is 0 Å². The molecule has 1 N–H and O–H groups in total. The largest absolute Gasteiger partial charge is 0.310 e. The standard InChI is InChI=1S/C14H23NO2S/c1-4-18(16,17)11-5-10-15-13(3)14-8-6-12(2)7-9-14/h6-9,13,15H,4-5,10-11H2,1-3H3/t13-/m0/s1. The van der Waals surface area contributed by atoms with Crippen molar-refractivity contribution >= 4 is 9.84 Å². The van der Waals surface area contributed by atoms with Crippen LogP contribution in [0.4, 0.5) is 0 Å². The third-order valence-corrected chi connectivity index (χ3v) is 4.89. The first-order valence-electron chi connectivity index (χ1n) is 6.45. The molecule has 0 spiro atoms. The fourth-order valence-electron chi connectivity index (χ4n) is 1.73. The lowest BCUT2D eigenvalue weighted by molar-refractivity contribution is 0.560. The SMILES string of the molecule is CCS(=O)(=O)CCCN[C@@H](C)c1ccc(C)cc1. The molecule has 0 aliphatic carbocycles. The zero-order valence-electron chi connectivity index (χ0n) is 11.4. The molecule has 0 aliphatic rings. The zero-order chi connectivity index (χ0) is 13.6. The number of sulfone groups is 1. The van der Waals surface area contributed by atoms with Gasteiger partial charge in [-0.1, -0.05) is 36.8 Å². The van der Waals surface area contributed by atoms with Crippen molar-refractivity contribution in [1.29, 1.82) is 0 Å². The summed E-state index contributed by atoms with van der Waals surface area (Å²) in [5.41, 5.74) is 2.49. The lowest BCUT2D eigenvalue weighted by Crippen LogP contribution is -2.22. The molecule has 1 aromatic carbocycles. The summed E-state index contributed by atoms with van der Waals surface area (Å²) in [5.74, 6) is 0.512. The average Bonchev–Trinajstić information content (AvgIpc) is 2.35. The van der Waals surface area contributed by atoms with Crippen LogP contribution in [0.3, 0.4) is 0 Å².